The molecule has 152 valence electrons. The number of hydrogen-bond acceptors (Lipinski definition) is 5. The molecule has 0 amide bonds. The standard InChI is InChI=1S/C25H21N5O/c26-16-22-24(17-9-11-21(12-10-17)31-20-7-2-1-3-8-20)29-30-23(13-14-28-25(22)30)18-5-4-6-19(27)15-18/h1-12,15,23,28H,13-14,27H2. The van der Waals surface area contributed by atoms with E-state index in [4.69, 9.17) is 15.6 Å². The summed E-state index contributed by atoms with van der Waals surface area (Å²) in [5.41, 5.74) is 9.88. The summed E-state index contributed by atoms with van der Waals surface area (Å²) in [6.45, 7) is 0.767. The summed E-state index contributed by atoms with van der Waals surface area (Å²) in [6, 6.07) is 27.5. The fourth-order valence-corrected chi connectivity index (χ4v) is 3.97. The van der Waals surface area contributed by atoms with Gasteiger partial charge in [-0.15, -0.1) is 0 Å². The van der Waals surface area contributed by atoms with Crippen LogP contribution in [0.5, 0.6) is 11.5 Å². The lowest BCUT2D eigenvalue weighted by atomic mass is 10.0. The molecule has 1 unspecified atom stereocenters. The van der Waals surface area contributed by atoms with Crippen molar-refractivity contribution >= 4 is 11.5 Å². The number of nitrogens with two attached hydrogens (primary N) is 1. The summed E-state index contributed by atoms with van der Waals surface area (Å²) in [6.07, 6.45) is 0.867. The Morgan fingerprint density at radius 3 is 2.52 bits per heavy atom. The molecule has 0 bridgehead atoms. The lowest BCUT2D eigenvalue weighted by Gasteiger charge is -2.26. The quantitative estimate of drug-likeness (QED) is 0.454. The van der Waals surface area contributed by atoms with Crippen molar-refractivity contribution in [2.24, 2.45) is 0 Å². The highest BCUT2D eigenvalue weighted by atomic mass is 16.5. The van der Waals surface area contributed by atoms with E-state index < -0.39 is 0 Å². The van der Waals surface area contributed by atoms with Crippen LogP contribution in [0.25, 0.3) is 11.3 Å². The Labute approximate surface area is 180 Å². The number of benzene rings is 3. The lowest BCUT2D eigenvalue weighted by molar-refractivity contribution is 0.482. The number of rotatable bonds is 4. The summed E-state index contributed by atoms with van der Waals surface area (Å²) in [7, 11) is 0. The number of aromatic nitrogens is 2. The minimum atomic E-state index is 0.0290. The Morgan fingerprint density at radius 2 is 1.77 bits per heavy atom. The van der Waals surface area contributed by atoms with Crippen molar-refractivity contribution in [1.29, 1.82) is 5.26 Å². The van der Waals surface area contributed by atoms with Gasteiger partial charge in [-0.1, -0.05) is 30.3 Å². The van der Waals surface area contributed by atoms with E-state index in [1.165, 1.54) is 0 Å². The van der Waals surface area contributed by atoms with Crippen LogP contribution in [0.2, 0.25) is 0 Å². The maximum Gasteiger partial charge on any atom is 0.143 e. The van der Waals surface area contributed by atoms with Gasteiger partial charge in [0.05, 0.1) is 6.04 Å². The number of fused-ring (bicyclic) bond motifs is 1. The molecule has 0 saturated heterocycles. The van der Waals surface area contributed by atoms with E-state index in [-0.39, 0.29) is 6.04 Å². The number of para-hydroxylation sites is 1. The smallest absolute Gasteiger partial charge is 0.143 e. The van der Waals surface area contributed by atoms with Crippen LogP contribution in [-0.2, 0) is 0 Å². The molecule has 6 nitrogen and oxygen atoms in total. The maximum atomic E-state index is 9.89. The molecule has 0 saturated carbocycles. The molecule has 5 rings (SSSR count). The van der Waals surface area contributed by atoms with Crippen molar-refractivity contribution in [3.8, 4) is 28.8 Å². The number of nitrogens with zero attached hydrogens (tertiary/aromatic N) is 3. The van der Waals surface area contributed by atoms with E-state index in [1.807, 2.05) is 77.5 Å². The third-order valence-corrected chi connectivity index (χ3v) is 5.43. The summed E-state index contributed by atoms with van der Waals surface area (Å²) >= 11 is 0. The molecule has 6 heteroatoms. The zero-order valence-electron chi connectivity index (χ0n) is 16.8. The average Bonchev–Trinajstić information content (AvgIpc) is 3.19. The Bertz CT molecular complexity index is 1260. The van der Waals surface area contributed by atoms with Crippen molar-refractivity contribution in [3.63, 3.8) is 0 Å². The first kappa shape index (κ1) is 18.8. The Balaban J connectivity index is 1.50. The van der Waals surface area contributed by atoms with Gasteiger partial charge in [0.2, 0.25) is 0 Å². The Hall–Kier alpha value is -4.24. The van der Waals surface area contributed by atoms with E-state index in [0.717, 1.165) is 47.1 Å². The molecule has 1 aromatic heterocycles. The van der Waals surface area contributed by atoms with Gasteiger partial charge in [0, 0.05) is 17.8 Å². The van der Waals surface area contributed by atoms with Crippen molar-refractivity contribution in [3.05, 3.63) is 90.0 Å². The predicted molar refractivity (Wildman–Crippen MR) is 121 cm³/mol. The van der Waals surface area contributed by atoms with Gasteiger partial charge in [-0.3, -0.25) is 0 Å². The first-order chi connectivity index (χ1) is 15.2. The van der Waals surface area contributed by atoms with Gasteiger partial charge in [-0.25, -0.2) is 4.68 Å². The molecule has 31 heavy (non-hydrogen) atoms. The molecule has 1 atom stereocenters. The molecule has 3 aromatic carbocycles. The van der Waals surface area contributed by atoms with Gasteiger partial charge >= 0.3 is 0 Å². The molecule has 1 aliphatic rings. The highest BCUT2D eigenvalue weighted by Crippen LogP contribution is 2.37. The van der Waals surface area contributed by atoms with Crippen LogP contribution >= 0.6 is 0 Å². The van der Waals surface area contributed by atoms with E-state index in [9.17, 15) is 5.26 Å². The molecular formula is C25H21N5O. The highest BCUT2D eigenvalue weighted by molar-refractivity contribution is 5.74. The first-order valence-corrected chi connectivity index (χ1v) is 10.2. The molecule has 0 spiro atoms. The van der Waals surface area contributed by atoms with E-state index in [1.54, 1.807) is 0 Å². The SMILES string of the molecule is N#Cc1c(-c2ccc(Oc3ccccc3)cc2)nn2c1NCCC2c1cccc(N)c1. The van der Waals surface area contributed by atoms with Gasteiger partial charge in [0.25, 0.3) is 0 Å². The first-order valence-electron chi connectivity index (χ1n) is 10.2. The molecule has 0 fully saturated rings. The topological polar surface area (TPSA) is 88.9 Å². The van der Waals surface area contributed by atoms with E-state index in [2.05, 4.69) is 17.5 Å². The number of nitriles is 1. The molecule has 4 aromatic rings. The number of nitrogen functional groups attached to an aromatic ring is 1. The normalized spacial score (nSPS) is 14.9. The molecule has 0 aliphatic carbocycles. The summed E-state index contributed by atoms with van der Waals surface area (Å²) in [5, 5.41) is 18.1. The maximum absolute atomic E-state index is 9.89. The lowest BCUT2D eigenvalue weighted by Crippen LogP contribution is -2.24. The molecule has 0 radical (unpaired) electrons. The summed E-state index contributed by atoms with van der Waals surface area (Å²) in [5.74, 6) is 2.26. The van der Waals surface area contributed by atoms with Crippen molar-refractivity contribution in [1.82, 2.24) is 9.78 Å². The number of anilines is 2. The fourth-order valence-electron chi connectivity index (χ4n) is 3.97. The second kappa shape index (κ2) is 7.88. The minimum Gasteiger partial charge on any atom is -0.457 e. The van der Waals surface area contributed by atoms with Gasteiger partial charge in [0.15, 0.2) is 0 Å². The minimum absolute atomic E-state index is 0.0290. The number of ether oxygens (including phenoxy) is 1. The molecule has 1 aliphatic heterocycles. The third kappa shape index (κ3) is 3.58. The second-order valence-electron chi connectivity index (χ2n) is 7.47. The zero-order valence-corrected chi connectivity index (χ0v) is 16.8. The van der Waals surface area contributed by atoms with E-state index in [0.29, 0.717) is 11.3 Å². The fraction of sp³-hybridized carbons (Fsp3) is 0.120. The van der Waals surface area contributed by atoms with Gasteiger partial charge in [0.1, 0.15) is 34.6 Å². The Morgan fingerprint density at radius 1 is 1.00 bits per heavy atom. The van der Waals surface area contributed by atoms with Gasteiger partial charge in [-0.2, -0.15) is 10.4 Å². The Kier molecular flexibility index (Phi) is 4.77. The van der Waals surface area contributed by atoms with Crippen molar-refractivity contribution in [2.75, 3.05) is 17.6 Å². The van der Waals surface area contributed by atoms with Crippen LogP contribution in [-0.4, -0.2) is 16.3 Å². The van der Waals surface area contributed by atoms with Crippen LogP contribution in [0, 0.1) is 11.3 Å². The van der Waals surface area contributed by atoms with Gasteiger partial charge in [-0.05, 0) is 60.5 Å². The van der Waals surface area contributed by atoms with Crippen LogP contribution in [0.15, 0.2) is 78.9 Å². The summed E-state index contributed by atoms with van der Waals surface area (Å²) < 4.78 is 7.80. The average molecular weight is 407 g/mol. The van der Waals surface area contributed by atoms with Crippen LogP contribution in [0.3, 0.4) is 0 Å². The number of nitrogens with one attached hydrogen (secondary N) is 1. The zero-order chi connectivity index (χ0) is 21.2. The molecular weight excluding hydrogens is 386 g/mol. The largest absolute Gasteiger partial charge is 0.457 e. The number of hydrogen-bond donors (Lipinski definition) is 2. The summed E-state index contributed by atoms with van der Waals surface area (Å²) in [4.78, 5) is 0. The monoisotopic (exact) mass is 407 g/mol. The van der Waals surface area contributed by atoms with Crippen molar-refractivity contribution < 1.29 is 4.74 Å². The third-order valence-electron chi connectivity index (χ3n) is 5.43. The predicted octanol–water partition coefficient (Wildman–Crippen LogP) is 5.20. The van der Waals surface area contributed by atoms with Crippen LogP contribution in [0.1, 0.15) is 23.6 Å². The molecule has 3 N–H and O–H groups in total. The van der Waals surface area contributed by atoms with Crippen LogP contribution in [0.4, 0.5) is 11.5 Å². The highest BCUT2D eigenvalue weighted by Gasteiger charge is 2.28. The second-order valence-corrected chi connectivity index (χ2v) is 7.47. The van der Waals surface area contributed by atoms with Crippen molar-refractivity contribution in [2.45, 2.75) is 12.5 Å². The molecule has 2 heterocycles. The van der Waals surface area contributed by atoms with Gasteiger partial charge < -0.3 is 15.8 Å². The van der Waals surface area contributed by atoms with E-state index >= 15 is 0 Å². The van der Waals surface area contributed by atoms with Crippen LogP contribution < -0.4 is 15.8 Å².